The van der Waals surface area contributed by atoms with Gasteiger partial charge in [-0.3, -0.25) is 0 Å². The van der Waals surface area contributed by atoms with E-state index in [0.29, 0.717) is 5.41 Å². The van der Waals surface area contributed by atoms with Crippen molar-refractivity contribution in [3.8, 4) is 0 Å². The smallest absolute Gasteiger partial charge is 0.0918 e. The minimum atomic E-state index is -0.0460. The van der Waals surface area contributed by atoms with Crippen molar-refractivity contribution < 1.29 is 9.84 Å². The Labute approximate surface area is 135 Å². The van der Waals surface area contributed by atoms with E-state index in [2.05, 4.69) is 19.9 Å². The van der Waals surface area contributed by atoms with Crippen LogP contribution in [-0.2, 0) is 4.74 Å². The van der Waals surface area contributed by atoms with Gasteiger partial charge in [-0.1, -0.05) is 13.8 Å². The van der Waals surface area contributed by atoms with Gasteiger partial charge in [0.05, 0.1) is 19.0 Å². The second-order valence-electron chi connectivity index (χ2n) is 9.08. The van der Waals surface area contributed by atoms with Crippen LogP contribution in [0.1, 0.15) is 65.2 Å². The molecule has 1 N–H and O–H groups in total. The number of rotatable bonds is 1. The highest BCUT2D eigenvalue weighted by Crippen LogP contribution is 2.65. The van der Waals surface area contributed by atoms with Crippen molar-refractivity contribution in [2.24, 2.45) is 34.5 Å². The molecule has 0 amide bonds. The first-order valence-corrected chi connectivity index (χ1v) is 9.40. The standard InChI is InChI=1S/C20H32O2/c1-19-10-8-14(22-3)12-13(19)4-5-15-16-6-7-18(21)20(16,2)11-9-17(15)19/h8,13,15-18,21H,4-7,9-12H2,1-3H3/t13?,15-,16-,17-,18?,19-,20-/m0/s1. The normalized spacial score (nSPS) is 54.0. The van der Waals surface area contributed by atoms with E-state index in [1.54, 1.807) is 0 Å². The van der Waals surface area contributed by atoms with Crippen LogP contribution < -0.4 is 0 Å². The fraction of sp³-hybridized carbons (Fsp3) is 0.900. The molecule has 0 bridgehead atoms. The number of hydrogen-bond donors (Lipinski definition) is 1. The van der Waals surface area contributed by atoms with Gasteiger partial charge in [-0.15, -0.1) is 0 Å². The van der Waals surface area contributed by atoms with Crippen LogP contribution in [0.5, 0.6) is 0 Å². The van der Waals surface area contributed by atoms with Crippen molar-refractivity contribution in [1.82, 2.24) is 0 Å². The van der Waals surface area contributed by atoms with E-state index in [0.717, 1.165) is 36.5 Å². The molecule has 3 fully saturated rings. The van der Waals surface area contributed by atoms with Crippen LogP contribution in [-0.4, -0.2) is 18.3 Å². The molecule has 4 rings (SSSR count). The van der Waals surface area contributed by atoms with E-state index in [1.807, 2.05) is 7.11 Å². The van der Waals surface area contributed by atoms with Crippen molar-refractivity contribution in [3.63, 3.8) is 0 Å². The predicted molar refractivity (Wildman–Crippen MR) is 88.2 cm³/mol. The van der Waals surface area contributed by atoms with Gasteiger partial charge in [0, 0.05) is 6.42 Å². The molecule has 0 aromatic rings. The molecule has 2 heteroatoms. The van der Waals surface area contributed by atoms with Crippen LogP contribution in [0.15, 0.2) is 11.8 Å². The summed E-state index contributed by atoms with van der Waals surface area (Å²) in [6, 6.07) is 0. The summed E-state index contributed by atoms with van der Waals surface area (Å²) in [6.07, 6.45) is 12.3. The maximum absolute atomic E-state index is 10.5. The van der Waals surface area contributed by atoms with Gasteiger partial charge in [-0.25, -0.2) is 0 Å². The molecular weight excluding hydrogens is 272 g/mol. The van der Waals surface area contributed by atoms with Crippen LogP contribution in [0, 0.1) is 34.5 Å². The molecule has 0 aliphatic heterocycles. The molecule has 0 heterocycles. The number of methoxy groups -OCH3 is 1. The Bertz CT molecular complexity index is 484. The van der Waals surface area contributed by atoms with Crippen molar-refractivity contribution >= 4 is 0 Å². The van der Waals surface area contributed by atoms with Gasteiger partial charge in [0.15, 0.2) is 0 Å². The summed E-state index contributed by atoms with van der Waals surface area (Å²) in [7, 11) is 1.83. The third kappa shape index (κ3) is 1.89. The number of fused-ring (bicyclic) bond motifs is 5. The highest BCUT2D eigenvalue weighted by Gasteiger charge is 2.59. The average molecular weight is 304 g/mol. The summed E-state index contributed by atoms with van der Waals surface area (Å²) >= 11 is 0. The topological polar surface area (TPSA) is 29.5 Å². The molecular formula is C20H32O2. The molecule has 7 atom stereocenters. The lowest BCUT2D eigenvalue weighted by Crippen LogP contribution is -2.53. The third-order valence-corrected chi connectivity index (χ3v) is 8.49. The van der Waals surface area contributed by atoms with Gasteiger partial charge in [0.2, 0.25) is 0 Å². The average Bonchev–Trinajstić information content (AvgIpc) is 2.82. The first-order valence-electron chi connectivity index (χ1n) is 9.40. The molecule has 0 saturated heterocycles. The Kier molecular flexibility index (Phi) is 3.42. The van der Waals surface area contributed by atoms with Crippen LogP contribution in [0.3, 0.4) is 0 Å². The number of allylic oxidation sites excluding steroid dienone is 2. The Hall–Kier alpha value is -0.500. The lowest BCUT2D eigenvalue weighted by molar-refractivity contribution is -0.112. The van der Waals surface area contributed by atoms with Gasteiger partial charge < -0.3 is 9.84 Å². The Morgan fingerprint density at radius 2 is 1.82 bits per heavy atom. The van der Waals surface area contributed by atoms with Crippen LogP contribution in [0.4, 0.5) is 0 Å². The van der Waals surface area contributed by atoms with E-state index in [4.69, 9.17) is 4.74 Å². The monoisotopic (exact) mass is 304 g/mol. The summed E-state index contributed by atoms with van der Waals surface area (Å²) < 4.78 is 5.55. The Balaban J connectivity index is 1.63. The SMILES string of the molecule is COC1=CC[C@@]2(C)C(CC[C@@H]3[C@@H]2CC[C@]2(C)C(O)CC[C@@H]32)C1. The van der Waals surface area contributed by atoms with Crippen LogP contribution in [0.25, 0.3) is 0 Å². The molecule has 0 radical (unpaired) electrons. The quantitative estimate of drug-likeness (QED) is 0.771. The Morgan fingerprint density at radius 1 is 1.05 bits per heavy atom. The number of ether oxygens (including phenoxy) is 1. The zero-order valence-electron chi connectivity index (χ0n) is 14.5. The molecule has 3 saturated carbocycles. The maximum atomic E-state index is 10.5. The van der Waals surface area contributed by atoms with Gasteiger partial charge in [0.1, 0.15) is 0 Å². The van der Waals surface area contributed by atoms with E-state index in [-0.39, 0.29) is 11.5 Å². The predicted octanol–water partition coefficient (Wildman–Crippen LogP) is 4.53. The fourth-order valence-corrected chi connectivity index (χ4v) is 6.99. The molecule has 2 nitrogen and oxygen atoms in total. The molecule has 0 aromatic heterocycles. The minimum Gasteiger partial charge on any atom is -0.501 e. The first-order chi connectivity index (χ1) is 10.5. The number of hydrogen-bond acceptors (Lipinski definition) is 2. The van der Waals surface area contributed by atoms with Crippen molar-refractivity contribution in [3.05, 3.63) is 11.8 Å². The zero-order valence-corrected chi connectivity index (χ0v) is 14.5. The second-order valence-corrected chi connectivity index (χ2v) is 9.08. The number of aliphatic hydroxyl groups excluding tert-OH is 1. The lowest BCUT2D eigenvalue weighted by atomic mass is 9.46. The maximum Gasteiger partial charge on any atom is 0.0918 e. The summed E-state index contributed by atoms with van der Waals surface area (Å²) in [5.74, 6) is 4.52. The summed E-state index contributed by atoms with van der Waals surface area (Å²) in [4.78, 5) is 0. The second kappa shape index (κ2) is 5.00. The summed E-state index contributed by atoms with van der Waals surface area (Å²) in [5, 5.41) is 10.5. The highest BCUT2D eigenvalue weighted by molar-refractivity contribution is 5.14. The molecule has 0 aromatic carbocycles. The molecule has 2 unspecified atom stereocenters. The highest BCUT2D eigenvalue weighted by atomic mass is 16.5. The number of aliphatic hydroxyl groups is 1. The lowest BCUT2D eigenvalue weighted by Gasteiger charge is -2.59. The van der Waals surface area contributed by atoms with E-state index >= 15 is 0 Å². The van der Waals surface area contributed by atoms with E-state index in [1.165, 1.54) is 44.3 Å². The first kappa shape index (κ1) is 15.1. The largest absolute Gasteiger partial charge is 0.501 e. The third-order valence-electron chi connectivity index (χ3n) is 8.49. The molecule has 4 aliphatic carbocycles. The van der Waals surface area contributed by atoms with Gasteiger partial charge in [-0.05, 0) is 85.5 Å². The van der Waals surface area contributed by atoms with Crippen LogP contribution >= 0.6 is 0 Å². The van der Waals surface area contributed by atoms with E-state index < -0.39 is 0 Å². The van der Waals surface area contributed by atoms with Gasteiger partial charge in [-0.2, -0.15) is 0 Å². The summed E-state index contributed by atoms with van der Waals surface area (Å²) in [6.45, 7) is 4.94. The Morgan fingerprint density at radius 3 is 2.59 bits per heavy atom. The van der Waals surface area contributed by atoms with Crippen molar-refractivity contribution in [1.29, 1.82) is 0 Å². The van der Waals surface area contributed by atoms with Crippen LogP contribution in [0.2, 0.25) is 0 Å². The van der Waals surface area contributed by atoms with Crippen molar-refractivity contribution in [2.75, 3.05) is 7.11 Å². The molecule has 22 heavy (non-hydrogen) atoms. The molecule has 4 aliphatic rings. The zero-order chi connectivity index (χ0) is 15.5. The molecule has 124 valence electrons. The fourth-order valence-electron chi connectivity index (χ4n) is 6.99. The summed E-state index contributed by atoms with van der Waals surface area (Å²) in [5.41, 5.74) is 0.687. The van der Waals surface area contributed by atoms with Gasteiger partial charge >= 0.3 is 0 Å². The van der Waals surface area contributed by atoms with Crippen molar-refractivity contribution in [2.45, 2.75) is 71.3 Å². The molecule has 0 spiro atoms. The van der Waals surface area contributed by atoms with Gasteiger partial charge in [0.25, 0.3) is 0 Å². The van der Waals surface area contributed by atoms with E-state index in [9.17, 15) is 5.11 Å². The minimum absolute atomic E-state index is 0.0460.